The van der Waals surface area contributed by atoms with Crippen LogP contribution in [0.3, 0.4) is 0 Å². The van der Waals surface area contributed by atoms with Gasteiger partial charge in [-0.25, -0.2) is 4.79 Å². The smallest absolute Gasteiger partial charge is 0.343 e. The van der Waals surface area contributed by atoms with Crippen LogP contribution in [0.15, 0.2) is 18.2 Å². The summed E-state index contributed by atoms with van der Waals surface area (Å²) in [5, 5.41) is 7.42. The normalized spacial score (nSPS) is 11.2. The second-order valence-corrected chi connectivity index (χ2v) is 4.70. The molecule has 0 aliphatic rings. The zero-order chi connectivity index (χ0) is 18.0. The lowest BCUT2D eigenvalue weighted by Crippen LogP contribution is -2.36. The highest BCUT2D eigenvalue weighted by atomic mass is 16.6. The number of nitrogen functional groups attached to an aromatic ring is 1. The van der Waals surface area contributed by atoms with Gasteiger partial charge in [-0.2, -0.15) is 0 Å². The standard InChI is InChI=1S/C14H22N2O3.C2H4O2/c1-5-16(6-2)10(3)19-14(17)12-8-7-11(15)9-13(12)18-4;1-2(3)4/h7-10H,5-6,15H2,1-4H3;1H3,(H,3,4). The highest BCUT2D eigenvalue weighted by Crippen LogP contribution is 2.22. The summed E-state index contributed by atoms with van der Waals surface area (Å²) >= 11 is 0. The molecule has 3 N–H and O–H groups in total. The molecule has 7 nitrogen and oxygen atoms in total. The van der Waals surface area contributed by atoms with Crippen LogP contribution in [-0.4, -0.2) is 48.4 Å². The Kier molecular flexibility index (Phi) is 9.41. The van der Waals surface area contributed by atoms with Crippen molar-refractivity contribution in [1.29, 1.82) is 0 Å². The predicted molar refractivity (Wildman–Crippen MR) is 88.5 cm³/mol. The van der Waals surface area contributed by atoms with E-state index in [1.54, 1.807) is 18.2 Å². The molecule has 0 saturated carbocycles. The summed E-state index contributed by atoms with van der Waals surface area (Å²) in [6.45, 7) is 8.64. The number of benzene rings is 1. The van der Waals surface area contributed by atoms with Crippen molar-refractivity contribution in [3.8, 4) is 5.75 Å². The first-order valence-electron chi connectivity index (χ1n) is 7.34. The van der Waals surface area contributed by atoms with Crippen molar-refractivity contribution < 1.29 is 24.2 Å². The number of carbonyl (C=O) groups excluding carboxylic acids is 1. The van der Waals surface area contributed by atoms with Gasteiger partial charge in [0.15, 0.2) is 6.23 Å². The monoisotopic (exact) mass is 326 g/mol. The number of esters is 1. The lowest BCUT2D eigenvalue weighted by Gasteiger charge is -2.26. The minimum Gasteiger partial charge on any atom is -0.496 e. The average molecular weight is 326 g/mol. The minimum absolute atomic E-state index is 0.273. The van der Waals surface area contributed by atoms with Gasteiger partial charge < -0.3 is 20.3 Å². The van der Waals surface area contributed by atoms with Gasteiger partial charge in [0, 0.05) is 18.7 Å². The number of carbonyl (C=O) groups is 2. The molecule has 1 rings (SSSR count). The summed E-state index contributed by atoms with van der Waals surface area (Å²) in [7, 11) is 1.50. The maximum absolute atomic E-state index is 12.1. The van der Waals surface area contributed by atoms with E-state index in [0.717, 1.165) is 20.0 Å². The third-order valence-electron chi connectivity index (χ3n) is 3.05. The molecule has 0 heterocycles. The zero-order valence-electron chi connectivity index (χ0n) is 14.3. The number of nitrogens with two attached hydrogens (primary N) is 1. The van der Waals surface area contributed by atoms with Crippen LogP contribution >= 0.6 is 0 Å². The highest BCUT2D eigenvalue weighted by molar-refractivity contribution is 5.93. The van der Waals surface area contributed by atoms with Crippen LogP contribution in [0.1, 0.15) is 38.1 Å². The molecule has 0 fully saturated rings. The van der Waals surface area contributed by atoms with Gasteiger partial charge in [0.2, 0.25) is 0 Å². The van der Waals surface area contributed by atoms with Crippen molar-refractivity contribution in [2.24, 2.45) is 0 Å². The Morgan fingerprint density at radius 2 is 1.83 bits per heavy atom. The number of anilines is 1. The number of rotatable bonds is 6. The second kappa shape index (κ2) is 10.4. The number of carboxylic acids is 1. The van der Waals surface area contributed by atoms with E-state index in [0.29, 0.717) is 17.0 Å². The summed E-state index contributed by atoms with van der Waals surface area (Å²) in [5.41, 5.74) is 6.59. The average Bonchev–Trinajstić information content (AvgIpc) is 2.47. The van der Waals surface area contributed by atoms with Crippen LogP contribution in [0.5, 0.6) is 5.75 Å². The zero-order valence-corrected chi connectivity index (χ0v) is 14.3. The van der Waals surface area contributed by atoms with Crippen molar-refractivity contribution in [2.75, 3.05) is 25.9 Å². The van der Waals surface area contributed by atoms with Gasteiger partial charge in [-0.15, -0.1) is 0 Å². The van der Waals surface area contributed by atoms with Crippen LogP contribution in [0.25, 0.3) is 0 Å². The largest absolute Gasteiger partial charge is 0.496 e. The fraction of sp³-hybridized carbons (Fsp3) is 0.500. The van der Waals surface area contributed by atoms with Gasteiger partial charge in [0.1, 0.15) is 11.3 Å². The molecule has 1 atom stereocenters. The first-order chi connectivity index (χ1) is 10.8. The quantitative estimate of drug-likeness (QED) is 0.469. The molecular formula is C16H26N2O5. The molecule has 0 spiro atoms. The Hall–Kier alpha value is -2.28. The van der Waals surface area contributed by atoms with Crippen molar-refractivity contribution >= 4 is 17.6 Å². The van der Waals surface area contributed by atoms with E-state index >= 15 is 0 Å². The van der Waals surface area contributed by atoms with Crippen molar-refractivity contribution in [3.05, 3.63) is 23.8 Å². The summed E-state index contributed by atoms with van der Waals surface area (Å²) < 4.78 is 10.6. The molecule has 0 aliphatic heterocycles. The number of ether oxygens (including phenoxy) is 2. The maximum Gasteiger partial charge on any atom is 0.343 e. The van der Waals surface area contributed by atoms with Crippen LogP contribution in [0, 0.1) is 0 Å². The summed E-state index contributed by atoms with van der Waals surface area (Å²) in [6.07, 6.45) is -0.273. The van der Waals surface area contributed by atoms with E-state index in [1.165, 1.54) is 7.11 Å². The lowest BCUT2D eigenvalue weighted by molar-refractivity contribution is -0.134. The fourth-order valence-electron chi connectivity index (χ4n) is 1.91. The van der Waals surface area contributed by atoms with Crippen LogP contribution in [0.4, 0.5) is 5.69 Å². The molecule has 0 bridgehead atoms. The van der Waals surface area contributed by atoms with Gasteiger partial charge in [0.25, 0.3) is 5.97 Å². The van der Waals surface area contributed by atoms with E-state index in [2.05, 4.69) is 0 Å². The third kappa shape index (κ3) is 7.51. The maximum atomic E-state index is 12.1. The Morgan fingerprint density at radius 1 is 1.30 bits per heavy atom. The first-order valence-corrected chi connectivity index (χ1v) is 7.34. The number of hydrogen-bond acceptors (Lipinski definition) is 6. The Labute approximate surface area is 137 Å². The molecule has 0 amide bonds. The van der Waals surface area contributed by atoms with Gasteiger partial charge in [-0.05, 0) is 32.1 Å². The van der Waals surface area contributed by atoms with Crippen molar-refractivity contribution in [2.45, 2.75) is 33.9 Å². The summed E-state index contributed by atoms with van der Waals surface area (Å²) in [4.78, 5) is 23.2. The highest BCUT2D eigenvalue weighted by Gasteiger charge is 2.19. The van der Waals surface area contributed by atoms with Gasteiger partial charge >= 0.3 is 5.97 Å². The molecular weight excluding hydrogens is 300 g/mol. The van der Waals surface area contributed by atoms with E-state index in [4.69, 9.17) is 25.1 Å². The lowest BCUT2D eigenvalue weighted by atomic mass is 10.2. The number of aliphatic carboxylic acids is 1. The van der Waals surface area contributed by atoms with E-state index in [1.807, 2.05) is 25.7 Å². The molecule has 7 heteroatoms. The Bertz CT molecular complexity index is 511. The molecule has 130 valence electrons. The second-order valence-electron chi connectivity index (χ2n) is 4.70. The number of methoxy groups -OCH3 is 1. The predicted octanol–water partition coefficient (Wildman–Crippen LogP) is 2.21. The van der Waals surface area contributed by atoms with Gasteiger partial charge in [-0.1, -0.05) is 13.8 Å². The van der Waals surface area contributed by atoms with Crippen molar-refractivity contribution in [1.82, 2.24) is 4.90 Å². The molecule has 0 aromatic heterocycles. The van der Waals surface area contributed by atoms with E-state index in [9.17, 15) is 4.79 Å². The molecule has 1 unspecified atom stereocenters. The fourth-order valence-corrected chi connectivity index (χ4v) is 1.91. The Morgan fingerprint density at radius 3 is 2.26 bits per heavy atom. The summed E-state index contributed by atoms with van der Waals surface area (Å²) in [6, 6.07) is 4.88. The number of hydrogen-bond donors (Lipinski definition) is 2. The molecule has 0 radical (unpaired) electrons. The SMILES string of the molecule is CC(=O)O.CCN(CC)C(C)OC(=O)c1ccc(N)cc1OC. The van der Waals surface area contributed by atoms with E-state index < -0.39 is 11.9 Å². The minimum atomic E-state index is -0.833. The molecule has 1 aromatic carbocycles. The molecule has 1 aromatic rings. The number of nitrogens with zero attached hydrogens (tertiary/aromatic N) is 1. The van der Waals surface area contributed by atoms with Gasteiger partial charge in [-0.3, -0.25) is 9.69 Å². The first kappa shape index (κ1) is 20.7. The topological polar surface area (TPSA) is 102 Å². The van der Waals surface area contributed by atoms with Crippen LogP contribution in [0.2, 0.25) is 0 Å². The van der Waals surface area contributed by atoms with Crippen LogP contribution < -0.4 is 10.5 Å². The summed E-state index contributed by atoms with van der Waals surface area (Å²) in [5.74, 6) is -0.812. The van der Waals surface area contributed by atoms with Crippen molar-refractivity contribution in [3.63, 3.8) is 0 Å². The van der Waals surface area contributed by atoms with E-state index in [-0.39, 0.29) is 6.23 Å². The van der Waals surface area contributed by atoms with Crippen LogP contribution in [-0.2, 0) is 9.53 Å². The molecule has 0 aliphatic carbocycles. The molecule has 0 saturated heterocycles. The number of carboxylic acid groups (broad SMARTS) is 1. The van der Waals surface area contributed by atoms with Gasteiger partial charge in [0.05, 0.1) is 7.11 Å². The third-order valence-corrected chi connectivity index (χ3v) is 3.05. The Balaban J connectivity index is 0.00000108. The molecule has 23 heavy (non-hydrogen) atoms.